The van der Waals surface area contributed by atoms with Gasteiger partial charge in [0.2, 0.25) is 5.91 Å². The average molecular weight is 657 g/mol. The summed E-state index contributed by atoms with van der Waals surface area (Å²) in [5.41, 5.74) is 2.72. The predicted octanol–water partition coefficient (Wildman–Crippen LogP) is 4.20. The highest BCUT2D eigenvalue weighted by Crippen LogP contribution is 2.41. The van der Waals surface area contributed by atoms with Gasteiger partial charge in [-0.25, -0.2) is 4.79 Å². The summed E-state index contributed by atoms with van der Waals surface area (Å²) >= 11 is 1.41. The molecule has 2 atom stereocenters. The van der Waals surface area contributed by atoms with Gasteiger partial charge in [-0.2, -0.15) is 0 Å². The first-order chi connectivity index (χ1) is 22.6. The number of ether oxygens (including phenoxy) is 4. The van der Waals surface area contributed by atoms with E-state index in [0.29, 0.717) is 22.6 Å². The molecule has 0 aromatic heterocycles. The Kier molecular flexibility index (Phi) is 10.4. The van der Waals surface area contributed by atoms with Crippen LogP contribution >= 0.6 is 11.8 Å². The van der Waals surface area contributed by atoms with Gasteiger partial charge in [0.05, 0.1) is 13.5 Å². The molecule has 0 spiro atoms. The molecule has 0 saturated carbocycles. The van der Waals surface area contributed by atoms with Crippen LogP contribution < -0.4 is 19.5 Å². The number of esters is 3. The van der Waals surface area contributed by atoms with Gasteiger partial charge in [0.1, 0.15) is 29.5 Å². The minimum atomic E-state index is -0.800. The standard InChI is InChI=1S/C35H32N2O9S/c1-21(38)45-28-16-12-24(17-29(28)46-22(2)39)9-13-26-20-47-34-31(36-30(40)18-23-7-5-4-6-8-23)33(41)37(34)32(26)35(42)44-19-25-10-14-27(43-3)15-11-25/h4-17,31,34H,18-20H2,1-3H3,(H,36,40)/b13-9+/t31-,34-/m1/s1. The number of allylic oxidation sites excluding steroid dienone is 1. The molecule has 1 N–H and O–H groups in total. The first kappa shape index (κ1) is 33.0. The number of hydrogen-bond acceptors (Lipinski definition) is 10. The number of carbonyl (C=O) groups is 5. The van der Waals surface area contributed by atoms with Crippen LogP contribution in [0.4, 0.5) is 0 Å². The van der Waals surface area contributed by atoms with Crippen LogP contribution in [0.1, 0.15) is 30.5 Å². The number of amides is 2. The molecule has 12 heteroatoms. The van der Waals surface area contributed by atoms with E-state index in [2.05, 4.69) is 5.32 Å². The minimum absolute atomic E-state index is 0.0379. The molecule has 2 aliphatic rings. The smallest absolute Gasteiger partial charge is 0.355 e. The number of methoxy groups -OCH3 is 1. The SMILES string of the molecule is COc1ccc(COC(=O)C2=C(/C=C/c3ccc(OC(C)=O)c(OC(C)=O)c3)CS[C@@H]3[C@H](NC(=O)Cc4ccccc4)C(=O)N23)cc1. The summed E-state index contributed by atoms with van der Waals surface area (Å²) in [6, 6.07) is 20.1. The second-order valence-electron chi connectivity index (χ2n) is 10.6. The van der Waals surface area contributed by atoms with E-state index in [9.17, 15) is 24.0 Å². The second kappa shape index (κ2) is 14.8. The van der Waals surface area contributed by atoms with Gasteiger partial charge >= 0.3 is 17.9 Å². The molecule has 3 aromatic carbocycles. The number of thioether (sulfide) groups is 1. The van der Waals surface area contributed by atoms with E-state index in [1.165, 1.54) is 42.6 Å². The van der Waals surface area contributed by atoms with Crippen LogP contribution in [0.3, 0.4) is 0 Å². The highest BCUT2D eigenvalue weighted by atomic mass is 32.2. The molecule has 242 valence electrons. The molecule has 3 aromatic rings. The number of nitrogens with one attached hydrogen (secondary N) is 1. The molecule has 1 saturated heterocycles. The molecule has 1 fully saturated rings. The summed E-state index contributed by atoms with van der Waals surface area (Å²) in [5, 5.41) is 2.32. The van der Waals surface area contributed by atoms with Crippen molar-refractivity contribution in [1.82, 2.24) is 10.2 Å². The zero-order valence-electron chi connectivity index (χ0n) is 25.9. The number of carbonyl (C=O) groups excluding carboxylic acids is 5. The van der Waals surface area contributed by atoms with Gasteiger partial charge in [-0.15, -0.1) is 11.8 Å². The van der Waals surface area contributed by atoms with Crippen LogP contribution in [0.25, 0.3) is 6.08 Å². The van der Waals surface area contributed by atoms with Gasteiger partial charge in [-0.1, -0.05) is 60.7 Å². The summed E-state index contributed by atoms with van der Waals surface area (Å²) in [7, 11) is 1.56. The van der Waals surface area contributed by atoms with Crippen molar-refractivity contribution in [3.05, 3.63) is 107 Å². The van der Waals surface area contributed by atoms with Crippen LogP contribution in [0.2, 0.25) is 0 Å². The number of hydrogen-bond donors (Lipinski definition) is 1. The van der Waals surface area contributed by atoms with E-state index < -0.39 is 35.2 Å². The molecule has 0 bridgehead atoms. The molecule has 0 radical (unpaired) electrons. The van der Waals surface area contributed by atoms with Crippen molar-refractivity contribution in [2.75, 3.05) is 12.9 Å². The highest BCUT2D eigenvalue weighted by Gasteiger charge is 2.54. The van der Waals surface area contributed by atoms with Crippen LogP contribution in [0, 0.1) is 0 Å². The third-order valence-corrected chi connectivity index (χ3v) is 8.50. The fourth-order valence-electron chi connectivity index (χ4n) is 5.00. The second-order valence-corrected chi connectivity index (χ2v) is 11.7. The maximum absolute atomic E-state index is 13.6. The summed E-state index contributed by atoms with van der Waals surface area (Å²) in [5.74, 6) is -1.46. The largest absolute Gasteiger partial charge is 0.497 e. The first-order valence-electron chi connectivity index (χ1n) is 14.6. The quantitative estimate of drug-likeness (QED) is 0.182. The van der Waals surface area contributed by atoms with Crippen molar-refractivity contribution in [3.8, 4) is 17.2 Å². The molecule has 0 aliphatic carbocycles. The normalized spacial score (nSPS) is 17.0. The lowest BCUT2D eigenvalue weighted by molar-refractivity contribution is -0.153. The van der Waals surface area contributed by atoms with E-state index in [1.54, 1.807) is 49.6 Å². The maximum Gasteiger partial charge on any atom is 0.355 e. The van der Waals surface area contributed by atoms with Gasteiger partial charge in [-0.05, 0) is 46.5 Å². The van der Waals surface area contributed by atoms with Crippen molar-refractivity contribution in [2.45, 2.75) is 38.3 Å². The zero-order valence-corrected chi connectivity index (χ0v) is 26.7. The number of nitrogens with zero attached hydrogens (tertiary/aromatic N) is 1. The Labute approximate surface area is 275 Å². The van der Waals surface area contributed by atoms with Crippen LogP contribution in [0.5, 0.6) is 17.2 Å². The van der Waals surface area contributed by atoms with Crippen LogP contribution in [-0.4, -0.2) is 58.9 Å². The Morgan fingerprint density at radius 3 is 2.28 bits per heavy atom. The van der Waals surface area contributed by atoms with Crippen LogP contribution in [-0.2, 0) is 41.7 Å². The molecule has 2 heterocycles. The third kappa shape index (κ3) is 8.08. The van der Waals surface area contributed by atoms with Crippen molar-refractivity contribution in [2.24, 2.45) is 0 Å². The van der Waals surface area contributed by atoms with E-state index in [4.69, 9.17) is 18.9 Å². The lowest BCUT2D eigenvalue weighted by atomic mass is 10.0. The summed E-state index contributed by atoms with van der Waals surface area (Å²) < 4.78 is 21.2. The Hall–Kier alpha value is -5.36. The maximum atomic E-state index is 13.6. The Morgan fingerprint density at radius 1 is 0.894 bits per heavy atom. The van der Waals surface area contributed by atoms with Crippen molar-refractivity contribution >= 4 is 47.6 Å². The van der Waals surface area contributed by atoms with Gasteiger partial charge in [0.25, 0.3) is 5.91 Å². The van der Waals surface area contributed by atoms with Crippen molar-refractivity contribution in [3.63, 3.8) is 0 Å². The molecule has 2 aliphatic heterocycles. The molecule has 47 heavy (non-hydrogen) atoms. The molecular formula is C35H32N2O9S. The number of rotatable bonds is 11. The van der Waals surface area contributed by atoms with Gasteiger partial charge < -0.3 is 24.3 Å². The van der Waals surface area contributed by atoms with Crippen LogP contribution in [0.15, 0.2) is 90.1 Å². The summed E-state index contributed by atoms with van der Waals surface area (Å²) in [6.45, 7) is 2.42. The summed E-state index contributed by atoms with van der Waals surface area (Å²) in [4.78, 5) is 64.4. The minimum Gasteiger partial charge on any atom is -0.497 e. The third-order valence-electron chi connectivity index (χ3n) is 7.20. The topological polar surface area (TPSA) is 138 Å². The Balaban J connectivity index is 1.39. The predicted molar refractivity (Wildman–Crippen MR) is 173 cm³/mol. The number of fused-ring (bicyclic) bond motifs is 1. The fraction of sp³-hybridized carbons (Fsp3) is 0.229. The van der Waals surface area contributed by atoms with E-state index in [0.717, 1.165) is 11.1 Å². The molecule has 11 nitrogen and oxygen atoms in total. The summed E-state index contributed by atoms with van der Waals surface area (Å²) in [6.07, 6.45) is 3.48. The fourth-order valence-corrected chi connectivity index (χ4v) is 6.32. The van der Waals surface area contributed by atoms with Crippen molar-refractivity contribution < 1.29 is 42.9 Å². The Morgan fingerprint density at radius 2 is 1.60 bits per heavy atom. The van der Waals surface area contributed by atoms with Crippen molar-refractivity contribution in [1.29, 1.82) is 0 Å². The van der Waals surface area contributed by atoms with E-state index in [1.807, 2.05) is 30.3 Å². The van der Waals surface area contributed by atoms with Gasteiger partial charge in [0, 0.05) is 19.6 Å². The zero-order chi connectivity index (χ0) is 33.5. The molecule has 0 unspecified atom stereocenters. The van der Waals surface area contributed by atoms with E-state index >= 15 is 0 Å². The average Bonchev–Trinajstić information content (AvgIpc) is 3.06. The Bertz CT molecular complexity index is 1750. The molecular weight excluding hydrogens is 624 g/mol. The van der Waals surface area contributed by atoms with Gasteiger partial charge in [0.15, 0.2) is 11.5 Å². The molecule has 2 amide bonds. The number of β-lactam (4-membered cyclic amide) rings is 1. The number of benzene rings is 3. The molecule has 5 rings (SSSR count). The lowest BCUT2D eigenvalue weighted by Gasteiger charge is -2.49. The lowest BCUT2D eigenvalue weighted by Crippen LogP contribution is -2.70. The highest BCUT2D eigenvalue weighted by molar-refractivity contribution is 8.00. The van der Waals surface area contributed by atoms with Gasteiger partial charge in [-0.3, -0.25) is 24.1 Å². The van der Waals surface area contributed by atoms with E-state index in [-0.39, 0.29) is 36.1 Å². The first-order valence-corrected chi connectivity index (χ1v) is 15.7. The monoisotopic (exact) mass is 656 g/mol.